The van der Waals surface area contributed by atoms with Crippen molar-refractivity contribution in [2.45, 2.75) is 47.0 Å². The highest BCUT2D eigenvalue weighted by Gasteiger charge is 2.32. The molecule has 0 aromatic heterocycles. The van der Waals surface area contributed by atoms with Crippen molar-refractivity contribution < 1.29 is 19.0 Å². The van der Waals surface area contributed by atoms with Crippen LogP contribution in [0.3, 0.4) is 0 Å². The monoisotopic (exact) mass is 313 g/mol. The number of rotatable bonds is 12. The summed E-state index contributed by atoms with van der Waals surface area (Å²) in [6.45, 7) is 9.67. The van der Waals surface area contributed by atoms with Gasteiger partial charge < -0.3 is 19.5 Å². The lowest BCUT2D eigenvalue weighted by molar-refractivity contribution is -0.0145. The zero-order valence-electron chi connectivity index (χ0n) is 14.4. The third kappa shape index (κ3) is 9.32. The fraction of sp³-hybridized carbons (Fsp3) is 0.706. The number of amides is 1. The number of alkyl carbamates (subject to hydrolysis) is 1. The molecule has 5 nitrogen and oxygen atoms in total. The van der Waals surface area contributed by atoms with Gasteiger partial charge in [0.2, 0.25) is 0 Å². The topological polar surface area (TPSA) is 56.8 Å². The average Bonchev–Trinajstić information content (AvgIpc) is 2.53. The number of carbonyl (C=O) groups is 1. The lowest BCUT2D eigenvalue weighted by atomic mass is 9.88. The highest BCUT2D eigenvalue weighted by Crippen LogP contribution is 2.24. The van der Waals surface area contributed by atoms with E-state index in [1.165, 1.54) is 0 Å². The first-order valence-corrected chi connectivity index (χ1v) is 8.00. The van der Waals surface area contributed by atoms with Gasteiger partial charge in [0.15, 0.2) is 0 Å². The Bertz CT molecular complexity index is 324. The van der Waals surface area contributed by atoms with Gasteiger partial charge >= 0.3 is 6.09 Å². The Morgan fingerprint density at radius 3 is 2.09 bits per heavy atom. The molecule has 0 aromatic carbocycles. The Morgan fingerprint density at radius 2 is 1.64 bits per heavy atom. The van der Waals surface area contributed by atoms with Crippen molar-refractivity contribution in [1.29, 1.82) is 0 Å². The molecular weight excluding hydrogens is 282 g/mol. The second-order valence-corrected chi connectivity index (χ2v) is 5.27. The first-order valence-electron chi connectivity index (χ1n) is 8.00. The van der Waals surface area contributed by atoms with Gasteiger partial charge in [0, 0.05) is 6.54 Å². The number of nitrogens with one attached hydrogen (secondary N) is 1. The maximum absolute atomic E-state index is 11.7. The molecule has 128 valence electrons. The van der Waals surface area contributed by atoms with Crippen LogP contribution in [0.1, 0.15) is 47.0 Å². The number of allylic oxidation sites excluding steroid dienone is 2. The first-order chi connectivity index (χ1) is 10.6. The van der Waals surface area contributed by atoms with E-state index in [4.69, 9.17) is 14.2 Å². The van der Waals surface area contributed by atoms with Crippen molar-refractivity contribution in [2.24, 2.45) is 5.41 Å². The minimum Gasteiger partial charge on any atom is -0.501 e. The molecule has 0 saturated carbocycles. The van der Waals surface area contributed by atoms with Gasteiger partial charge in [-0.25, -0.2) is 4.79 Å². The predicted molar refractivity (Wildman–Crippen MR) is 88.5 cm³/mol. The van der Waals surface area contributed by atoms with Crippen LogP contribution in [0.15, 0.2) is 24.7 Å². The number of unbranched alkanes of at least 4 members (excludes halogenated alkanes) is 1. The quantitative estimate of drug-likeness (QED) is 0.437. The van der Waals surface area contributed by atoms with Gasteiger partial charge in [0.25, 0.3) is 0 Å². The molecule has 0 bridgehead atoms. The molecule has 5 heteroatoms. The molecule has 0 aliphatic rings. The summed E-state index contributed by atoms with van der Waals surface area (Å²) in [5.74, 6) is 0. The summed E-state index contributed by atoms with van der Waals surface area (Å²) >= 11 is 0. The molecule has 22 heavy (non-hydrogen) atoms. The van der Waals surface area contributed by atoms with Crippen LogP contribution >= 0.6 is 0 Å². The second kappa shape index (κ2) is 13.0. The largest absolute Gasteiger partial charge is 0.501 e. The Balaban J connectivity index is 4.49. The van der Waals surface area contributed by atoms with E-state index in [9.17, 15) is 4.79 Å². The molecule has 0 rings (SSSR count). The van der Waals surface area contributed by atoms with Gasteiger partial charge in [-0.3, -0.25) is 0 Å². The number of carbonyl (C=O) groups excluding carboxylic acids is 1. The van der Waals surface area contributed by atoms with Crippen molar-refractivity contribution in [3.05, 3.63) is 24.7 Å². The van der Waals surface area contributed by atoms with Crippen molar-refractivity contribution in [2.75, 3.05) is 26.4 Å². The third-order valence-corrected chi connectivity index (χ3v) is 3.30. The Kier molecular flexibility index (Phi) is 12.1. The number of hydrogen-bond acceptors (Lipinski definition) is 4. The van der Waals surface area contributed by atoms with E-state index < -0.39 is 0 Å². The zero-order valence-corrected chi connectivity index (χ0v) is 14.4. The molecule has 1 amide bonds. The van der Waals surface area contributed by atoms with Crippen molar-refractivity contribution in [3.63, 3.8) is 0 Å². The summed E-state index contributed by atoms with van der Waals surface area (Å²) in [5, 5.41) is 2.74. The van der Waals surface area contributed by atoms with Gasteiger partial charge in [-0.2, -0.15) is 0 Å². The Morgan fingerprint density at radius 1 is 1.05 bits per heavy atom. The molecule has 0 heterocycles. The van der Waals surface area contributed by atoms with Crippen LogP contribution in [0.4, 0.5) is 4.79 Å². The van der Waals surface area contributed by atoms with Crippen LogP contribution in [0.2, 0.25) is 0 Å². The van der Waals surface area contributed by atoms with Gasteiger partial charge in [-0.1, -0.05) is 32.4 Å². The fourth-order valence-corrected chi connectivity index (χ4v) is 1.71. The zero-order chi connectivity index (χ0) is 16.7. The maximum atomic E-state index is 11.7. The molecule has 0 atom stereocenters. The Labute approximate surface area is 134 Å². The van der Waals surface area contributed by atoms with Crippen molar-refractivity contribution in [3.8, 4) is 0 Å². The normalized spacial score (nSPS) is 11.8. The van der Waals surface area contributed by atoms with E-state index >= 15 is 0 Å². The lowest BCUT2D eigenvalue weighted by Gasteiger charge is -2.30. The van der Waals surface area contributed by atoms with Crippen LogP contribution in [-0.2, 0) is 14.2 Å². The van der Waals surface area contributed by atoms with Crippen molar-refractivity contribution in [1.82, 2.24) is 5.32 Å². The molecular formula is C17H31NO4. The molecule has 0 saturated heterocycles. The van der Waals surface area contributed by atoms with Crippen LogP contribution in [0, 0.1) is 5.41 Å². The number of ether oxygens (including phenoxy) is 3. The SMILES string of the molecule is C/C=C/OCC(CC)(CO/C=C/C)COC(=O)NCCCC. The van der Waals surface area contributed by atoms with Gasteiger partial charge in [-0.05, 0) is 26.7 Å². The van der Waals surface area contributed by atoms with Crippen LogP contribution < -0.4 is 5.32 Å². The van der Waals surface area contributed by atoms with Crippen LogP contribution in [0.25, 0.3) is 0 Å². The standard InChI is InChI=1S/C17H31NO4/c1-5-9-10-18-16(19)22-15-17(8-4,13-20-11-6-2)14-21-12-7-3/h6-7,11-12H,5,8-10,13-15H2,1-4H3,(H,18,19)/b11-6+,12-7+. The summed E-state index contributed by atoms with van der Waals surface area (Å²) in [5.41, 5.74) is -0.360. The molecule has 0 unspecified atom stereocenters. The highest BCUT2D eigenvalue weighted by molar-refractivity contribution is 5.67. The van der Waals surface area contributed by atoms with Gasteiger partial charge in [0.05, 0.1) is 31.2 Å². The minimum atomic E-state index is -0.386. The third-order valence-electron chi connectivity index (χ3n) is 3.30. The molecule has 0 radical (unpaired) electrons. The molecule has 0 fully saturated rings. The van der Waals surface area contributed by atoms with E-state index in [0.29, 0.717) is 19.8 Å². The molecule has 1 N–H and O–H groups in total. The van der Waals surface area contributed by atoms with E-state index in [-0.39, 0.29) is 18.1 Å². The molecule has 0 spiro atoms. The van der Waals surface area contributed by atoms with Crippen LogP contribution in [0.5, 0.6) is 0 Å². The van der Waals surface area contributed by atoms with E-state index in [1.807, 2.05) is 32.9 Å². The summed E-state index contributed by atoms with van der Waals surface area (Å²) < 4.78 is 16.4. The van der Waals surface area contributed by atoms with Crippen molar-refractivity contribution >= 4 is 6.09 Å². The lowest BCUT2D eigenvalue weighted by Crippen LogP contribution is -2.38. The van der Waals surface area contributed by atoms with Gasteiger partial charge in [0.1, 0.15) is 6.61 Å². The van der Waals surface area contributed by atoms with Crippen LogP contribution in [-0.4, -0.2) is 32.5 Å². The highest BCUT2D eigenvalue weighted by atomic mass is 16.6. The smallest absolute Gasteiger partial charge is 0.407 e. The summed E-state index contributed by atoms with van der Waals surface area (Å²) in [6, 6.07) is 0. The maximum Gasteiger partial charge on any atom is 0.407 e. The molecule has 0 aliphatic heterocycles. The summed E-state index contributed by atoms with van der Waals surface area (Å²) in [7, 11) is 0. The second-order valence-electron chi connectivity index (χ2n) is 5.27. The van der Waals surface area contributed by atoms with E-state index in [2.05, 4.69) is 12.2 Å². The fourth-order valence-electron chi connectivity index (χ4n) is 1.71. The first kappa shape index (κ1) is 20.3. The minimum absolute atomic E-state index is 0.260. The Hall–Kier alpha value is -1.65. The number of hydrogen-bond donors (Lipinski definition) is 1. The molecule has 0 aromatic rings. The summed E-state index contributed by atoms with van der Waals surface area (Å²) in [6.07, 6.45) is 9.31. The predicted octanol–water partition coefficient (Wildman–Crippen LogP) is 4.01. The van der Waals surface area contributed by atoms with E-state index in [0.717, 1.165) is 19.3 Å². The van der Waals surface area contributed by atoms with E-state index in [1.54, 1.807) is 12.5 Å². The van der Waals surface area contributed by atoms with Gasteiger partial charge in [-0.15, -0.1) is 0 Å². The average molecular weight is 313 g/mol. The summed E-state index contributed by atoms with van der Waals surface area (Å²) in [4.78, 5) is 11.7. The molecule has 0 aliphatic carbocycles.